The topological polar surface area (TPSA) is 40.5 Å². The third-order valence-electron chi connectivity index (χ3n) is 5.33. The highest BCUT2D eigenvalue weighted by Gasteiger charge is 2.40. The van der Waals surface area contributed by atoms with E-state index in [1.165, 1.54) is 32.5 Å². The van der Waals surface area contributed by atoms with Crippen molar-refractivity contribution in [2.24, 2.45) is 17.3 Å². The van der Waals surface area contributed by atoms with E-state index in [9.17, 15) is 4.79 Å². The molecule has 0 aromatic carbocycles. The molecule has 2 rings (SSSR count). The van der Waals surface area contributed by atoms with Crippen molar-refractivity contribution in [2.75, 3.05) is 19.6 Å². The fourth-order valence-electron chi connectivity index (χ4n) is 3.69. The van der Waals surface area contributed by atoms with Crippen molar-refractivity contribution < 1.29 is 9.90 Å². The Morgan fingerprint density at radius 2 is 1.72 bits per heavy atom. The Labute approximate surface area is 111 Å². The molecule has 0 aromatic heterocycles. The number of hydrogen-bond acceptors (Lipinski definition) is 2. The van der Waals surface area contributed by atoms with Gasteiger partial charge in [0.1, 0.15) is 0 Å². The Bertz CT molecular complexity index is 283. The lowest BCUT2D eigenvalue weighted by Gasteiger charge is -2.51. The largest absolute Gasteiger partial charge is 0.481 e. The van der Waals surface area contributed by atoms with E-state index < -0.39 is 5.97 Å². The number of carbonyl (C=O) groups is 1. The van der Waals surface area contributed by atoms with Crippen LogP contribution in [-0.2, 0) is 4.79 Å². The zero-order valence-corrected chi connectivity index (χ0v) is 11.8. The van der Waals surface area contributed by atoms with E-state index in [4.69, 9.17) is 5.11 Å². The molecule has 0 unspecified atom stereocenters. The number of carboxylic acid groups (broad SMARTS) is 1. The van der Waals surface area contributed by atoms with Crippen molar-refractivity contribution in [2.45, 2.75) is 52.4 Å². The van der Waals surface area contributed by atoms with E-state index in [-0.39, 0.29) is 5.92 Å². The molecule has 2 aliphatic rings. The maximum Gasteiger partial charge on any atom is 0.306 e. The van der Waals surface area contributed by atoms with Gasteiger partial charge in [-0.2, -0.15) is 0 Å². The molecule has 18 heavy (non-hydrogen) atoms. The van der Waals surface area contributed by atoms with Crippen LogP contribution >= 0.6 is 0 Å². The summed E-state index contributed by atoms with van der Waals surface area (Å²) in [6.07, 6.45) is 6.59. The van der Waals surface area contributed by atoms with Crippen molar-refractivity contribution in [3.8, 4) is 0 Å². The number of carboxylic acids is 1. The molecule has 1 heterocycles. The van der Waals surface area contributed by atoms with E-state index in [0.717, 1.165) is 31.6 Å². The van der Waals surface area contributed by atoms with Crippen LogP contribution in [0.2, 0.25) is 0 Å². The molecule has 0 radical (unpaired) electrons. The average molecular weight is 253 g/mol. The van der Waals surface area contributed by atoms with Crippen molar-refractivity contribution >= 4 is 5.97 Å². The quantitative estimate of drug-likeness (QED) is 0.819. The molecule has 3 heteroatoms. The minimum Gasteiger partial charge on any atom is -0.481 e. The van der Waals surface area contributed by atoms with E-state index in [0.29, 0.717) is 5.41 Å². The minimum absolute atomic E-state index is 0.0667. The first-order valence-corrected chi connectivity index (χ1v) is 7.53. The lowest BCUT2D eigenvalue weighted by atomic mass is 9.74. The number of rotatable bonds is 5. The average Bonchev–Trinajstić information content (AvgIpc) is 2.34. The Morgan fingerprint density at radius 1 is 1.17 bits per heavy atom. The molecule has 3 nitrogen and oxygen atoms in total. The van der Waals surface area contributed by atoms with Crippen LogP contribution in [0.5, 0.6) is 0 Å². The number of likely N-dealkylation sites (tertiary alicyclic amines) is 1. The Morgan fingerprint density at radius 3 is 2.17 bits per heavy atom. The summed E-state index contributed by atoms with van der Waals surface area (Å²) in [5.41, 5.74) is 0.596. The SMILES string of the molecule is CCC1(CC)CN(CC2CCC(C(=O)O)CC2)C1. The third-order valence-corrected chi connectivity index (χ3v) is 5.33. The molecule has 0 bridgehead atoms. The van der Waals surface area contributed by atoms with Gasteiger partial charge in [0.05, 0.1) is 5.92 Å². The van der Waals surface area contributed by atoms with Crippen molar-refractivity contribution in [1.82, 2.24) is 4.90 Å². The Balaban J connectivity index is 1.69. The molecule has 0 atom stereocenters. The number of nitrogens with zero attached hydrogens (tertiary/aromatic N) is 1. The van der Waals surface area contributed by atoms with Gasteiger partial charge in [-0.05, 0) is 49.9 Å². The fraction of sp³-hybridized carbons (Fsp3) is 0.933. The summed E-state index contributed by atoms with van der Waals surface area (Å²) < 4.78 is 0. The van der Waals surface area contributed by atoms with E-state index >= 15 is 0 Å². The summed E-state index contributed by atoms with van der Waals surface area (Å²) in [7, 11) is 0. The highest BCUT2D eigenvalue weighted by Crippen LogP contribution is 2.39. The smallest absolute Gasteiger partial charge is 0.306 e. The Kier molecular flexibility index (Phi) is 4.31. The first-order chi connectivity index (χ1) is 8.58. The van der Waals surface area contributed by atoms with Crippen LogP contribution < -0.4 is 0 Å². The van der Waals surface area contributed by atoms with E-state index in [1.54, 1.807) is 0 Å². The van der Waals surface area contributed by atoms with Gasteiger partial charge in [0.2, 0.25) is 0 Å². The molecule has 0 aromatic rings. The van der Waals surface area contributed by atoms with Crippen LogP contribution in [0, 0.1) is 17.3 Å². The van der Waals surface area contributed by atoms with Gasteiger partial charge in [-0.3, -0.25) is 4.79 Å². The van der Waals surface area contributed by atoms with Crippen molar-refractivity contribution in [3.05, 3.63) is 0 Å². The molecule has 1 N–H and O–H groups in total. The minimum atomic E-state index is -0.589. The number of aliphatic carboxylic acids is 1. The Hall–Kier alpha value is -0.570. The van der Waals surface area contributed by atoms with Gasteiger partial charge in [-0.1, -0.05) is 13.8 Å². The van der Waals surface area contributed by atoms with Gasteiger partial charge in [0, 0.05) is 19.6 Å². The van der Waals surface area contributed by atoms with Gasteiger partial charge < -0.3 is 10.0 Å². The van der Waals surface area contributed by atoms with Crippen LogP contribution in [0.25, 0.3) is 0 Å². The molecular weight excluding hydrogens is 226 g/mol. The molecule has 104 valence electrons. The second-order valence-corrected chi connectivity index (χ2v) is 6.43. The second kappa shape index (κ2) is 5.60. The lowest BCUT2D eigenvalue weighted by Crippen LogP contribution is -2.56. The zero-order chi connectivity index (χ0) is 13.2. The van der Waals surface area contributed by atoms with E-state index in [1.807, 2.05) is 0 Å². The standard InChI is InChI=1S/C15H27NO2/c1-3-15(4-2)10-16(11-15)9-12-5-7-13(8-6-12)14(17)18/h12-13H,3-11H2,1-2H3,(H,17,18). The number of hydrogen-bond donors (Lipinski definition) is 1. The van der Waals surface area contributed by atoms with Gasteiger partial charge in [-0.25, -0.2) is 0 Å². The van der Waals surface area contributed by atoms with Gasteiger partial charge in [0.25, 0.3) is 0 Å². The summed E-state index contributed by atoms with van der Waals surface area (Å²) in [5, 5.41) is 8.99. The van der Waals surface area contributed by atoms with Crippen LogP contribution in [0.4, 0.5) is 0 Å². The summed E-state index contributed by atoms with van der Waals surface area (Å²) in [6.45, 7) is 8.34. The van der Waals surface area contributed by atoms with Gasteiger partial charge >= 0.3 is 5.97 Å². The second-order valence-electron chi connectivity index (χ2n) is 6.43. The maximum absolute atomic E-state index is 10.9. The molecular formula is C15H27NO2. The summed E-state index contributed by atoms with van der Waals surface area (Å²) in [4.78, 5) is 13.5. The summed E-state index contributed by atoms with van der Waals surface area (Å²) in [6, 6.07) is 0. The molecule has 2 fully saturated rings. The molecule has 1 aliphatic heterocycles. The predicted molar refractivity (Wildman–Crippen MR) is 72.5 cm³/mol. The van der Waals surface area contributed by atoms with Crippen molar-refractivity contribution in [1.29, 1.82) is 0 Å². The van der Waals surface area contributed by atoms with Gasteiger partial charge in [0.15, 0.2) is 0 Å². The molecule has 0 spiro atoms. The first kappa shape index (κ1) is 13.9. The molecule has 1 saturated carbocycles. The summed E-state index contributed by atoms with van der Waals surface area (Å²) >= 11 is 0. The van der Waals surface area contributed by atoms with Crippen LogP contribution in [0.1, 0.15) is 52.4 Å². The van der Waals surface area contributed by atoms with Crippen LogP contribution in [0.3, 0.4) is 0 Å². The highest BCUT2D eigenvalue weighted by atomic mass is 16.4. The summed E-state index contributed by atoms with van der Waals surface area (Å²) in [5.74, 6) is 0.0868. The molecule has 0 amide bonds. The fourth-order valence-corrected chi connectivity index (χ4v) is 3.69. The predicted octanol–water partition coefficient (Wildman–Crippen LogP) is 3.00. The first-order valence-electron chi connectivity index (χ1n) is 7.53. The molecule has 1 aliphatic carbocycles. The molecule has 1 saturated heterocycles. The van der Waals surface area contributed by atoms with Gasteiger partial charge in [-0.15, -0.1) is 0 Å². The maximum atomic E-state index is 10.9. The zero-order valence-electron chi connectivity index (χ0n) is 11.8. The van der Waals surface area contributed by atoms with E-state index in [2.05, 4.69) is 18.7 Å². The van der Waals surface area contributed by atoms with Crippen LogP contribution in [0.15, 0.2) is 0 Å². The van der Waals surface area contributed by atoms with Crippen LogP contribution in [-0.4, -0.2) is 35.6 Å². The third kappa shape index (κ3) is 2.87. The van der Waals surface area contributed by atoms with Crippen molar-refractivity contribution in [3.63, 3.8) is 0 Å². The normalized spacial score (nSPS) is 31.9. The monoisotopic (exact) mass is 253 g/mol. The highest BCUT2D eigenvalue weighted by molar-refractivity contribution is 5.69. The lowest BCUT2D eigenvalue weighted by molar-refractivity contribution is -0.143.